The molecule has 3 aromatic rings. The molecule has 2 aromatic heterocycles. The van der Waals surface area contributed by atoms with Crippen molar-refractivity contribution in [2.24, 2.45) is 0 Å². The average Bonchev–Trinajstić information content (AvgIpc) is 3.22. The highest BCUT2D eigenvalue weighted by Crippen LogP contribution is 2.38. The standard InChI is InChI=1S/C17H16ClN3O4S2/c1-24-13-6-5-11(18)9-12(13)21-27(22,23)15-8-7-14(26-15)17-20-19-16(25-17)10-3-2-4-10/h5-10,21H,2-4H2,1H3. The van der Waals surface area contributed by atoms with Crippen LogP contribution in [-0.4, -0.2) is 25.7 Å². The summed E-state index contributed by atoms with van der Waals surface area (Å²) in [5, 5.41) is 8.53. The number of nitrogens with one attached hydrogen (secondary N) is 1. The second-order valence-corrected chi connectivity index (χ2v) is 9.57. The number of rotatable bonds is 6. The molecule has 0 radical (unpaired) electrons. The SMILES string of the molecule is COc1ccc(Cl)cc1NS(=O)(=O)c1ccc(-c2nnc(C3CCC3)o2)s1. The maximum absolute atomic E-state index is 12.7. The molecule has 0 spiro atoms. The Hall–Kier alpha value is -2.10. The van der Waals surface area contributed by atoms with Gasteiger partial charge in [-0.1, -0.05) is 18.0 Å². The smallest absolute Gasteiger partial charge is 0.271 e. The van der Waals surface area contributed by atoms with Crippen molar-refractivity contribution in [3.63, 3.8) is 0 Å². The van der Waals surface area contributed by atoms with Gasteiger partial charge in [-0.2, -0.15) is 0 Å². The summed E-state index contributed by atoms with van der Waals surface area (Å²) >= 11 is 7.02. The molecule has 1 aliphatic carbocycles. The zero-order chi connectivity index (χ0) is 19.0. The van der Waals surface area contributed by atoms with Crippen LogP contribution in [0, 0.1) is 0 Å². The molecule has 10 heteroatoms. The van der Waals surface area contributed by atoms with Gasteiger partial charge in [-0.25, -0.2) is 8.42 Å². The number of anilines is 1. The van der Waals surface area contributed by atoms with Gasteiger partial charge in [0.05, 0.1) is 17.7 Å². The van der Waals surface area contributed by atoms with E-state index in [-0.39, 0.29) is 9.90 Å². The number of sulfonamides is 1. The van der Waals surface area contributed by atoms with Crippen molar-refractivity contribution in [3.8, 4) is 16.5 Å². The third-order valence-corrected chi connectivity index (χ3v) is 7.52. The Morgan fingerprint density at radius 3 is 2.78 bits per heavy atom. The maximum atomic E-state index is 12.7. The monoisotopic (exact) mass is 425 g/mol. The van der Waals surface area contributed by atoms with Crippen molar-refractivity contribution in [3.05, 3.63) is 41.2 Å². The van der Waals surface area contributed by atoms with Crippen molar-refractivity contribution in [1.29, 1.82) is 0 Å². The summed E-state index contributed by atoms with van der Waals surface area (Å²) in [7, 11) is -2.35. The molecule has 0 bridgehead atoms. The van der Waals surface area contributed by atoms with Gasteiger partial charge in [-0.3, -0.25) is 4.72 Å². The van der Waals surface area contributed by atoms with Gasteiger partial charge in [-0.05, 0) is 43.2 Å². The molecule has 0 unspecified atom stereocenters. The first-order valence-electron chi connectivity index (χ1n) is 8.26. The van der Waals surface area contributed by atoms with E-state index < -0.39 is 10.0 Å². The van der Waals surface area contributed by atoms with E-state index in [1.807, 2.05) is 0 Å². The predicted molar refractivity (Wildman–Crippen MR) is 103 cm³/mol. The summed E-state index contributed by atoms with van der Waals surface area (Å²) in [5.41, 5.74) is 0.269. The lowest BCUT2D eigenvalue weighted by molar-refractivity contribution is 0.338. The molecule has 142 valence electrons. The van der Waals surface area contributed by atoms with Crippen molar-refractivity contribution >= 4 is 38.6 Å². The Bertz CT molecular complexity index is 1070. The molecule has 0 atom stereocenters. The lowest BCUT2D eigenvalue weighted by Crippen LogP contribution is -2.12. The molecule has 27 heavy (non-hydrogen) atoms. The fraction of sp³-hybridized carbons (Fsp3) is 0.294. The third kappa shape index (κ3) is 3.67. The van der Waals surface area contributed by atoms with E-state index in [0.29, 0.717) is 33.3 Å². The zero-order valence-electron chi connectivity index (χ0n) is 14.3. The lowest BCUT2D eigenvalue weighted by atomic mass is 9.85. The normalized spacial score (nSPS) is 14.7. The zero-order valence-corrected chi connectivity index (χ0v) is 16.7. The number of benzene rings is 1. The maximum Gasteiger partial charge on any atom is 0.271 e. The van der Waals surface area contributed by atoms with Gasteiger partial charge < -0.3 is 9.15 Å². The van der Waals surface area contributed by atoms with Gasteiger partial charge in [0.15, 0.2) is 0 Å². The number of methoxy groups -OCH3 is 1. The first-order valence-corrected chi connectivity index (χ1v) is 10.9. The molecular weight excluding hydrogens is 410 g/mol. The molecule has 0 saturated heterocycles. The van der Waals surface area contributed by atoms with Gasteiger partial charge >= 0.3 is 0 Å². The number of halogens is 1. The summed E-state index contributed by atoms with van der Waals surface area (Å²) in [4.78, 5) is 0.603. The minimum Gasteiger partial charge on any atom is -0.495 e. The highest BCUT2D eigenvalue weighted by Gasteiger charge is 2.26. The van der Waals surface area contributed by atoms with E-state index in [4.69, 9.17) is 20.8 Å². The highest BCUT2D eigenvalue weighted by atomic mass is 35.5. The average molecular weight is 426 g/mol. The van der Waals surface area contributed by atoms with Crippen LogP contribution < -0.4 is 9.46 Å². The van der Waals surface area contributed by atoms with E-state index in [1.165, 1.54) is 25.7 Å². The first-order chi connectivity index (χ1) is 13.0. The molecular formula is C17H16ClN3O4S2. The lowest BCUT2D eigenvalue weighted by Gasteiger charge is -2.20. The van der Waals surface area contributed by atoms with Crippen LogP contribution in [0.2, 0.25) is 5.02 Å². The summed E-state index contributed by atoms with van der Waals surface area (Å²) in [5.74, 6) is 1.66. The van der Waals surface area contributed by atoms with Crippen LogP contribution in [0.5, 0.6) is 5.75 Å². The fourth-order valence-electron chi connectivity index (χ4n) is 2.69. The van der Waals surface area contributed by atoms with Crippen LogP contribution in [-0.2, 0) is 10.0 Å². The topological polar surface area (TPSA) is 94.3 Å². The van der Waals surface area contributed by atoms with Crippen molar-refractivity contribution in [2.45, 2.75) is 29.4 Å². The van der Waals surface area contributed by atoms with Crippen LogP contribution in [0.4, 0.5) is 5.69 Å². The number of thiophene rings is 1. The number of hydrogen-bond acceptors (Lipinski definition) is 7. The minimum absolute atomic E-state index is 0.128. The third-order valence-electron chi connectivity index (χ3n) is 4.36. The molecule has 1 saturated carbocycles. The van der Waals surface area contributed by atoms with Gasteiger partial charge in [0.1, 0.15) is 9.96 Å². The molecule has 7 nitrogen and oxygen atoms in total. The minimum atomic E-state index is -3.81. The summed E-state index contributed by atoms with van der Waals surface area (Å²) in [6.07, 6.45) is 3.27. The van der Waals surface area contributed by atoms with Crippen LogP contribution in [0.3, 0.4) is 0 Å². The van der Waals surface area contributed by atoms with Crippen molar-refractivity contribution < 1.29 is 17.6 Å². The van der Waals surface area contributed by atoms with Crippen molar-refractivity contribution in [2.75, 3.05) is 11.8 Å². The quantitative estimate of drug-likeness (QED) is 0.623. The molecule has 1 fully saturated rings. The molecule has 1 aromatic carbocycles. The molecule has 0 amide bonds. The van der Waals surface area contributed by atoms with Crippen LogP contribution in [0.25, 0.3) is 10.8 Å². The fourth-order valence-corrected chi connectivity index (χ4v) is 5.15. The van der Waals surface area contributed by atoms with E-state index in [2.05, 4.69) is 14.9 Å². The Morgan fingerprint density at radius 2 is 2.07 bits per heavy atom. The van der Waals surface area contributed by atoms with E-state index in [0.717, 1.165) is 24.2 Å². The van der Waals surface area contributed by atoms with Crippen molar-refractivity contribution in [1.82, 2.24) is 10.2 Å². The number of ether oxygens (including phenoxy) is 1. The summed E-state index contributed by atoms with van der Waals surface area (Å²) in [6.45, 7) is 0. The molecule has 0 aliphatic heterocycles. The van der Waals surface area contributed by atoms with Gasteiger partial charge in [0, 0.05) is 10.9 Å². The van der Waals surface area contributed by atoms with Crippen LogP contribution in [0.15, 0.2) is 39.0 Å². The largest absolute Gasteiger partial charge is 0.495 e. The number of hydrogen-bond donors (Lipinski definition) is 1. The van der Waals surface area contributed by atoms with Crippen LogP contribution >= 0.6 is 22.9 Å². The van der Waals surface area contributed by atoms with E-state index >= 15 is 0 Å². The molecule has 2 heterocycles. The summed E-state index contributed by atoms with van der Waals surface area (Å²) in [6, 6.07) is 7.88. The Balaban J connectivity index is 1.58. The van der Waals surface area contributed by atoms with Gasteiger partial charge in [-0.15, -0.1) is 21.5 Å². The predicted octanol–water partition coefficient (Wildman–Crippen LogP) is 4.53. The van der Waals surface area contributed by atoms with Gasteiger partial charge in [0.2, 0.25) is 5.89 Å². The molecule has 4 rings (SSSR count). The Labute approximate surface area is 165 Å². The Morgan fingerprint density at radius 1 is 1.26 bits per heavy atom. The number of aromatic nitrogens is 2. The van der Waals surface area contributed by atoms with E-state index in [9.17, 15) is 8.42 Å². The molecule has 1 aliphatic rings. The van der Waals surface area contributed by atoms with Gasteiger partial charge in [0.25, 0.3) is 15.9 Å². The number of nitrogens with zero attached hydrogens (tertiary/aromatic N) is 2. The van der Waals surface area contributed by atoms with E-state index in [1.54, 1.807) is 18.2 Å². The second-order valence-electron chi connectivity index (χ2n) is 6.14. The molecule has 1 N–H and O–H groups in total. The Kier molecular flexibility index (Phi) is 4.83. The first kappa shape index (κ1) is 18.3. The highest BCUT2D eigenvalue weighted by molar-refractivity contribution is 7.94. The van der Waals surface area contributed by atoms with Crippen LogP contribution in [0.1, 0.15) is 31.1 Å². The second kappa shape index (κ2) is 7.14. The summed E-state index contributed by atoms with van der Waals surface area (Å²) < 4.78 is 39.0.